The van der Waals surface area contributed by atoms with Crippen molar-refractivity contribution in [2.75, 3.05) is 12.3 Å². The minimum Gasteiger partial charge on any atom is -0.355 e. The maximum atomic E-state index is 11.9. The monoisotopic (exact) mass is 382 g/mol. The second kappa shape index (κ2) is 9.87. The fourth-order valence-corrected chi connectivity index (χ4v) is 3.24. The molecule has 0 saturated carbocycles. The van der Waals surface area contributed by atoms with Gasteiger partial charge >= 0.3 is 0 Å². The second-order valence-corrected chi connectivity index (χ2v) is 7.24. The Hall–Kier alpha value is -2.67. The molecule has 2 aromatic heterocycles. The Balaban J connectivity index is 1.32. The zero-order chi connectivity index (χ0) is 18.9. The molecule has 0 fully saturated rings. The topological polar surface area (TPSA) is 80.9 Å². The summed E-state index contributed by atoms with van der Waals surface area (Å²) in [6.07, 6.45) is 4.12. The Kier molecular flexibility index (Phi) is 6.98. The van der Waals surface area contributed by atoms with Crippen LogP contribution < -0.4 is 5.32 Å². The fraction of sp³-hybridized carbons (Fsp3) is 0.300. The predicted molar refractivity (Wildman–Crippen MR) is 106 cm³/mol. The smallest absolute Gasteiger partial charge is 0.227 e. The largest absolute Gasteiger partial charge is 0.355 e. The minimum atomic E-state index is -0.00500. The van der Waals surface area contributed by atoms with E-state index in [4.69, 9.17) is 4.52 Å². The van der Waals surface area contributed by atoms with Gasteiger partial charge in [-0.25, -0.2) is 0 Å². The summed E-state index contributed by atoms with van der Waals surface area (Å²) < 4.78 is 5.20. The van der Waals surface area contributed by atoms with Gasteiger partial charge in [-0.1, -0.05) is 35.0 Å². The van der Waals surface area contributed by atoms with Crippen molar-refractivity contribution in [1.82, 2.24) is 20.4 Å². The van der Waals surface area contributed by atoms with Gasteiger partial charge < -0.3 is 9.84 Å². The molecule has 6 nitrogen and oxygen atoms in total. The van der Waals surface area contributed by atoms with Gasteiger partial charge in [0.15, 0.2) is 0 Å². The number of pyridine rings is 1. The van der Waals surface area contributed by atoms with Crippen LogP contribution >= 0.6 is 11.8 Å². The fourth-order valence-electron chi connectivity index (χ4n) is 2.42. The van der Waals surface area contributed by atoms with Crippen LogP contribution in [0, 0.1) is 6.92 Å². The van der Waals surface area contributed by atoms with Crippen molar-refractivity contribution in [3.05, 3.63) is 65.8 Å². The standard InChI is InChI=1S/C20H22N4O2S/c1-15-2-4-16(5-3-15)14-27-13-12-22-18(25)6-7-19-23-20(24-26-19)17-8-10-21-11-9-17/h2-5,8-11H,6-7,12-14H2,1H3,(H,22,25). The molecule has 1 N–H and O–H groups in total. The molecule has 1 amide bonds. The van der Waals surface area contributed by atoms with Crippen molar-refractivity contribution >= 4 is 17.7 Å². The number of carbonyl (C=O) groups excluding carboxylic acids is 1. The highest BCUT2D eigenvalue weighted by atomic mass is 32.2. The molecular weight excluding hydrogens is 360 g/mol. The molecule has 0 atom stereocenters. The van der Waals surface area contributed by atoms with E-state index >= 15 is 0 Å². The molecule has 0 aliphatic heterocycles. The lowest BCUT2D eigenvalue weighted by molar-refractivity contribution is -0.121. The van der Waals surface area contributed by atoms with E-state index in [9.17, 15) is 4.79 Å². The van der Waals surface area contributed by atoms with Crippen LogP contribution in [0.5, 0.6) is 0 Å². The van der Waals surface area contributed by atoms with Crippen molar-refractivity contribution in [1.29, 1.82) is 0 Å². The Morgan fingerprint density at radius 2 is 1.93 bits per heavy atom. The molecule has 0 bridgehead atoms. The normalized spacial score (nSPS) is 10.7. The van der Waals surface area contributed by atoms with E-state index in [-0.39, 0.29) is 5.91 Å². The van der Waals surface area contributed by atoms with Gasteiger partial charge in [-0.2, -0.15) is 16.7 Å². The van der Waals surface area contributed by atoms with E-state index in [1.807, 2.05) is 23.9 Å². The van der Waals surface area contributed by atoms with E-state index in [1.165, 1.54) is 11.1 Å². The molecule has 0 spiro atoms. The summed E-state index contributed by atoms with van der Waals surface area (Å²) in [6, 6.07) is 12.2. The number of carbonyl (C=O) groups is 1. The van der Waals surface area contributed by atoms with Gasteiger partial charge in [0.05, 0.1) is 0 Å². The average Bonchev–Trinajstić information content (AvgIpc) is 3.17. The SMILES string of the molecule is Cc1ccc(CSCCNC(=O)CCc2nc(-c3ccncc3)no2)cc1. The first-order valence-corrected chi connectivity index (χ1v) is 9.99. The molecule has 7 heteroatoms. The first-order valence-electron chi connectivity index (χ1n) is 8.83. The highest BCUT2D eigenvalue weighted by molar-refractivity contribution is 7.98. The highest BCUT2D eigenvalue weighted by Crippen LogP contribution is 2.15. The van der Waals surface area contributed by atoms with Gasteiger partial charge in [-0.05, 0) is 24.6 Å². The zero-order valence-corrected chi connectivity index (χ0v) is 16.0. The minimum absolute atomic E-state index is 0.00500. The lowest BCUT2D eigenvalue weighted by atomic mass is 10.2. The number of hydrogen-bond donors (Lipinski definition) is 1. The summed E-state index contributed by atoms with van der Waals surface area (Å²) >= 11 is 1.81. The van der Waals surface area contributed by atoms with Crippen LogP contribution in [0.25, 0.3) is 11.4 Å². The van der Waals surface area contributed by atoms with Gasteiger partial charge in [-0.3, -0.25) is 9.78 Å². The molecule has 2 heterocycles. The number of hydrogen-bond acceptors (Lipinski definition) is 6. The van der Waals surface area contributed by atoms with Gasteiger partial charge in [-0.15, -0.1) is 0 Å². The van der Waals surface area contributed by atoms with E-state index in [1.54, 1.807) is 12.4 Å². The summed E-state index contributed by atoms with van der Waals surface area (Å²) in [5, 5.41) is 6.87. The number of nitrogens with one attached hydrogen (secondary N) is 1. The van der Waals surface area contributed by atoms with Crippen LogP contribution in [0.2, 0.25) is 0 Å². The van der Waals surface area contributed by atoms with E-state index in [0.717, 1.165) is 17.1 Å². The molecule has 0 radical (unpaired) electrons. The van der Waals surface area contributed by atoms with Crippen molar-refractivity contribution in [3.63, 3.8) is 0 Å². The van der Waals surface area contributed by atoms with Crippen LogP contribution in [0.4, 0.5) is 0 Å². The first-order chi connectivity index (χ1) is 13.2. The third-order valence-electron chi connectivity index (χ3n) is 3.93. The Bertz CT molecular complexity index is 850. The molecule has 0 saturated heterocycles. The van der Waals surface area contributed by atoms with Crippen molar-refractivity contribution < 1.29 is 9.32 Å². The predicted octanol–water partition coefficient (Wildman–Crippen LogP) is 3.42. The number of nitrogens with zero attached hydrogens (tertiary/aromatic N) is 3. The van der Waals surface area contributed by atoms with E-state index in [2.05, 4.69) is 51.6 Å². The molecule has 1 aromatic carbocycles. The number of thioether (sulfide) groups is 1. The molecule has 0 aliphatic rings. The van der Waals surface area contributed by atoms with Gasteiger partial charge in [0.25, 0.3) is 0 Å². The molecule has 3 rings (SSSR count). The van der Waals surface area contributed by atoms with Crippen LogP contribution in [0.3, 0.4) is 0 Å². The summed E-state index contributed by atoms with van der Waals surface area (Å²) in [7, 11) is 0. The van der Waals surface area contributed by atoms with Crippen molar-refractivity contribution in [2.45, 2.75) is 25.5 Å². The quantitative estimate of drug-likeness (QED) is 0.571. The number of rotatable bonds is 9. The van der Waals surface area contributed by atoms with Crippen LogP contribution in [-0.2, 0) is 17.0 Å². The Morgan fingerprint density at radius 1 is 1.15 bits per heavy atom. The van der Waals surface area contributed by atoms with E-state index in [0.29, 0.717) is 31.1 Å². The van der Waals surface area contributed by atoms with Crippen LogP contribution in [-0.4, -0.2) is 33.3 Å². The third-order valence-corrected chi connectivity index (χ3v) is 4.96. The summed E-state index contributed by atoms with van der Waals surface area (Å²) in [4.78, 5) is 20.2. The lowest BCUT2D eigenvalue weighted by Gasteiger charge is -2.05. The lowest BCUT2D eigenvalue weighted by Crippen LogP contribution is -2.25. The summed E-state index contributed by atoms with van der Waals surface area (Å²) in [6.45, 7) is 2.74. The number of aryl methyl sites for hydroxylation is 2. The average molecular weight is 382 g/mol. The molecule has 27 heavy (non-hydrogen) atoms. The second-order valence-electron chi connectivity index (χ2n) is 6.14. The maximum absolute atomic E-state index is 11.9. The number of aromatic nitrogens is 3. The Morgan fingerprint density at radius 3 is 2.70 bits per heavy atom. The van der Waals surface area contributed by atoms with E-state index < -0.39 is 0 Å². The molecule has 140 valence electrons. The molecule has 3 aromatic rings. The molecule has 0 aliphatic carbocycles. The van der Waals surface area contributed by atoms with Crippen LogP contribution in [0.15, 0.2) is 53.3 Å². The zero-order valence-electron chi connectivity index (χ0n) is 15.2. The molecule has 0 unspecified atom stereocenters. The van der Waals surface area contributed by atoms with Crippen molar-refractivity contribution in [3.8, 4) is 11.4 Å². The van der Waals surface area contributed by atoms with Gasteiger partial charge in [0, 0.05) is 48.8 Å². The van der Waals surface area contributed by atoms with Crippen molar-refractivity contribution in [2.24, 2.45) is 0 Å². The Labute approximate surface area is 162 Å². The number of benzene rings is 1. The summed E-state index contributed by atoms with van der Waals surface area (Å²) in [5.74, 6) is 2.81. The first kappa shape index (κ1) is 19.1. The maximum Gasteiger partial charge on any atom is 0.227 e. The summed E-state index contributed by atoms with van der Waals surface area (Å²) in [5.41, 5.74) is 3.42. The third kappa shape index (κ3) is 6.21. The van der Waals surface area contributed by atoms with Gasteiger partial charge in [0.1, 0.15) is 0 Å². The number of amides is 1. The van der Waals surface area contributed by atoms with Crippen LogP contribution in [0.1, 0.15) is 23.4 Å². The molecular formula is C20H22N4O2S. The highest BCUT2D eigenvalue weighted by Gasteiger charge is 2.10. The van der Waals surface area contributed by atoms with Gasteiger partial charge in [0.2, 0.25) is 17.6 Å².